The van der Waals surface area contributed by atoms with E-state index in [2.05, 4.69) is 5.32 Å². The summed E-state index contributed by atoms with van der Waals surface area (Å²) in [6.07, 6.45) is -11.5. The van der Waals surface area contributed by atoms with Crippen LogP contribution in [0.15, 0.2) is 71.8 Å². The van der Waals surface area contributed by atoms with Gasteiger partial charge in [0.15, 0.2) is 17.5 Å². The van der Waals surface area contributed by atoms with E-state index in [0.717, 1.165) is 6.92 Å². The molecule has 0 spiro atoms. The monoisotopic (exact) mass is 807 g/mol. The number of aliphatic hydroxyl groups excluding tert-OH is 3. The number of carbonyl (C=O) groups is 5. The Labute approximate surface area is 336 Å². The van der Waals surface area contributed by atoms with E-state index < -0.39 is 112 Å². The van der Waals surface area contributed by atoms with Crippen molar-refractivity contribution in [2.75, 3.05) is 6.61 Å². The average molecular weight is 808 g/mol. The van der Waals surface area contributed by atoms with Crippen molar-refractivity contribution >= 4 is 29.8 Å². The molecule has 15 nitrogen and oxygen atoms in total. The molecule has 4 aliphatic rings. The number of hydrogen-bond acceptors (Lipinski definition) is 14. The maximum Gasteiger partial charge on any atom is 0.408 e. The summed E-state index contributed by atoms with van der Waals surface area (Å²) >= 11 is 0. The van der Waals surface area contributed by atoms with E-state index in [-0.39, 0.29) is 29.7 Å². The summed E-state index contributed by atoms with van der Waals surface area (Å²) in [5.41, 5.74) is -8.14. The lowest BCUT2D eigenvalue weighted by Crippen LogP contribution is -2.81. The number of esters is 3. The Balaban J connectivity index is 1.49. The predicted molar refractivity (Wildman–Crippen MR) is 204 cm³/mol. The van der Waals surface area contributed by atoms with E-state index >= 15 is 0 Å². The fraction of sp³-hybridized carbons (Fsp3) is 0.558. The molecule has 1 aliphatic heterocycles. The predicted octanol–water partition coefficient (Wildman–Crippen LogP) is 3.26. The van der Waals surface area contributed by atoms with Gasteiger partial charge in [0, 0.05) is 25.2 Å². The van der Waals surface area contributed by atoms with Crippen LogP contribution in [0.4, 0.5) is 4.79 Å². The maximum absolute atomic E-state index is 14.9. The lowest BCUT2D eigenvalue weighted by atomic mass is 9.44. The Hall–Kier alpha value is -4.67. The second-order valence-electron chi connectivity index (χ2n) is 17.6. The highest BCUT2D eigenvalue weighted by atomic mass is 16.6. The molecule has 11 atom stereocenters. The minimum absolute atomic E-state index is 0.0637. The highest BCUT2D eigenvalue weighted by Crippen LogP contribution is 2.64. The van der Waals surface area contributed by atoms with Crippen molar-refractivity contribution < 1.29 is 68.1 Å². The molecule has 15 heteroatoms. The summed E-state index contributed by atoms with van der Waals surface area (Å²) in [6.45, 7) is 11.8. The highest BCUT2D eigenvalue weighted by molar-refractivity contribution is 5.94. The topological polar surface area (TPSA) is 224 Å². The maximum atomic E-state index is 14.9. The number of alkyl carbamates (subject to hydrolysis) is 1. The lowest BCUT2D eigenvalue weighted by Gasteiger charge is -2.67. The molecule has 1 saturated heterocycles. The first-order valence-corrected chi connectivity index (χ1v) is 19.3. The van der Waals surface area contributed by atoms with Crippen LogP contribution >= 0.6 is 0 Å². The zero-order valence-electron chi connectivity index (χ0n) is 33.9. The van der Waals surface area contributed by atoms with Gasteiger partial charge in [-0.2, -0.15) is 0 Å². The summed E-state index contributed by atoms with van der Waals surface area (Å²) in [5.74, 6) is -5.36. The molecule has 5 N–H and O–H groups in total. The zero-order chi connectivity index (χ0) is 42.7. The molecule has 2 bridgehead atoms. The van der Waals surface area contributed by atoms with E-state index in [1.165, 1.54) is 26.0 Å². The molecule has 2 aromatic rings. The quantitative estimate of drug-likeness (QED) is 0.147. The number of nitrogens with one attached hydrogen (secondary N) is 1. The largest absolute Gasteiger partial charge is 0.456 e. The van der Waals surface area contributed by atoms with Gasteiger partial charge >= 0.3 is 24.0 Å². The number of ketones is 1. The molecule has 1 amide bonds. The van der Waals surface area contributed by atoms with Crippen LogP contribution in [0.5, 0.6) is 0 Å². The Morgan fingerprint density at radius 3 is 2.10 bits per heavy atom. The minimum Gasteiger partial charge on any atom is -0.456 e. The van der Waals surface area contributed by atoms with Crippen LogP contribution in [0.3, 0.4) is 0 Å². The Morgan fingerprint density at radius 1 is 0.948 bits per heavy atom. The van der Waals surface area contributed by atoms with Crippen LogP contribution in [0, 0.1) is 16.7 Å². The fourth-order valence-corrected chi connectivity index (χ4v) is 9.56. The van der Waals surface area contributed by atoms with Crippen LogP contribution in [-0.2, 0) is 38.1 Å². The number of aliphatic hydroxyl groups is 4. The van der Waals surface area contributed by atoms with E-state index in [1.807, 2.05) is 0 Å². The molecule has 314 valence electrons. The third-order valence-electron chi connectivity index (χ3n) is 12.6. The summed E-state index contributed by atoms with van der Waals surface area (Å²) in [4.78, 5) is 68.9. The van der Waals surface area contributed by atoms with Gasteiger partial charge in [-0.15, -0.1) is 0 Å². The second-order valence-corrected chi connectivity index (χ2v) is 17.6. The normalized spacial score (nSPS) is 33.7. The average Bonchev–Trinajstić information content (AvgIpc) is 3.14. The molecular weight excluding hydrogens is 754 g/mol. The summed E-state index contributed by atoms with van der Waals surface area (Å²) in [6, 6.07) is 14.6. The zero-order valence-corrected chi connectivity index (χ0v) is 33.9. The van der Waals surface area contributed by atoms with Gasteiger partial charge in [-0.05, 0) is 63.5 Å². The number of rotatable bonds is 8. The Kier molecular flexibility index (Phi) is 11.2. The number of carbonyl (C=O) groups excluding carboxylic acids is 5. The van der Waals surface area contributed by atoms with Crippen LogP contribution in [0.2, 0.25) is 0 Å². The molecule has 1 unspecified atom stereocenters. The first-order valence-electron chi connectivity index (χ1n) is 19.3. The molecule has 58 heavy (non-hydrogen) atoms. The molecule has 3 aliphatic carbocycles. The molecule has 3 fully saturated rings. The van der Waals surface area contributed by atoms with Crippen LogP contribution in [-0.4, -0.2) is 110 Å². The molecule has 2 saturated carbocycles. The Morgan fingerprint density at radius 2 is 1.55 bits per heavy atom. The van der Waals surface area contributed by atoms with E-state index in [1.54, 1.807) is 83.1 Å². The van der Waals surface area contributed by atoms with Crippen molar-refractivity contribution in [1.82, 2.24) is 5.32 Å². The number of benzene rings is 2. The van der Waals surface area contributed by atoms with Crippen molar-refractivity contribution in [2.45, 2.75) is 128 Å². The van der Waals surface area contributed by atoms with Gasteiger partial charge in [0.25, 0.3) is 0 Å². The van der Waals surface area contributed by atoms with Crippen LogP contribution < -0.4 is 5.32 Å². The fourth-order valence-electron chi connectivity index (χ4n) is 9.56. The third-order valence-corrected chi connectivity index (χ3v) is 12.6. The SMILES string of the molecule is CC(=O)O[C@@]12CO[C@@H]1C[C@H](O)[C@@]1(C)C(=O)[C@H](O)C3=C(C)[C@@H](OC(=O)[C@H](O)[C@@H](NC(=O)OC(C)(C)C)c4ccccc4)C[C@@](O)([C@@H](OC(=O)c4ccccc4)C12)C3(C)C. The third kappa shape index (κ3) is 7.10. The van der Waals surface area contributed by atoms with Gasteiger partial charge in [0.05, 0.1) is 35.6 Å². The van der Waals surface area contributed by atoms with Gasteiger partial charge in [-0.25, -0.2) is 14.4 Å². The first-order chi connectivity index (χ1) is 27.0. The minimum atomic E-state index is -2.35. The van der Waals surface area contributed by atoms with Crippen molar-refractivity contribution in [1.29, 1.82) is 0 Å². The molecule has 2 aromatic carbocycles. The highest BCUT2D eigenvalue weighted by Gasteiger charge is 2.78. The van der Waals surface area contributed by atoms with Crippen molar-refractivity contribution in [3.8, 4) is 0 Å². The molecule has 6 rings (SSSR count). The van der Waals surface area contributed by atoms with Crippen LogP contribution in [0.1, 0.15) is 90.2 Å². The smallest absolute Gasteiger partial charge is 0.408 e. The second kappa shape index (κ2) is 15.2. The standard InChI is InChI=1S/C43H53NO14/c1-22-26(55-37(51)32(48)30(24-15-11-9-12-16-24)44-38(52)58-39(3,4)5)20-43(53)35(56-36(50)25-17-13-10-14-18-25)33-41(8,34(49)31(47)29(22)40(43,6)7)27(46)19-28-42(33,21-54-28)57-23(2)45/h9-18,26-28,30-33,35,46-48,53H,19-21H2,1-8H3,(H,44,52)/t26-,27-,28+,30-,31+,32+,33?,35-,41+,42-,43+/m0/s1. The van der Waals surface area contributed by atoms with Gasteiger partial charge < -0.3 is 49.4 Å². The summed E-state index contributed by atoms with van der Waals surface area (Å²) < 4.78 is 29.5. The molecular formula is C43H53NO14. The summed E-state index contributed by atoms with van der Waals surface area (Å²) in [7, 11) is 0. The number of Topliss-reactive ketones (excluding diaryl/α,β-unsaturated/α-hetero) is 1. The van der Waals surface area contributed by atoms with E-state index in [4.69, 9.17) is 23.7 Å². The van der Waals surface area contributed by atoms with E-state index in [9.17, 15) is 44.4 Å². The van der Waals surface area contributed by atoms with E-state index in [0.29, 0.717) is 5.56 Å². The van der Waals surface area contributed by atoms with Crippen molar-refractivity contribution in [3.63, 3.8) is 0 Å². The number of fused-ring (bicyclic) bond motifs is 5. The Bertz CT molecular complexity index is 1980. The van der Waals surface area contributed by atoms with Gasteiger partial charge in [-0.1, -0.05) is 62.4 Å². The summed E-state index contributed by atoms with van der Waals surface area (Å²) in [5, 5.41) is 51.6. The van der Waals surface area contributed by atoms with Crippen molar-refractivity contribution in [2.24, 2.45) is 16.7 Å². The molecule has 0 aromatic heterocycles. The lowest BCUT2D eigenvalue weighted by molar-refractivity contribution is -0.346. The van der Waals surface area contributed by atoms with Gasteiger partial charge in [0.1, 0.15) is 35.6 Å². The number of ether oxygens (including phenoxy) is 5. The van der Waals surface area contributed by atoms with Crippen LogP contribution in [0.25, 0.3) is 0 Å². The number of hydrogen-bond donors (Lipinski definition) is 5. The van der Waals surface area contributed by atoms with Crippen molar-refractivity contribution in [3.05, 3.63) is 82.9 Å². The number of amides is 1. The van der Waals surface area contributed by atoms with Gasteiger partial charge in [-0.3, -0.25) is 9.59 Å². The molecule has 1 heterocycles. The van der Waals surface area contributed by atoms with Gasteiger partial charge in [0.2, 0.25) is 0 Å². The molecule has 0 radical (unpaired) electrons. The first kappa shape index (κ1) is 42.9.